The number of hydrogen-bond acceptors (Lipinski definition) is 3. The van der Waals surface area contributed by atoms with Crippen LogP contribution in [-0.2, 0) is 4.79 Å². The van der Waals surface area contributed by atoms with E-state index >= 15 is 0 Å². The maximum Gasteiger partial charge on any atom is 0.121 e. The third-order valence-corrected chi connectivity index (χ3v) is 4.53. The number of thioether (sulfide) groups is 1. The summed E-state index contributed by atoms with van der Waals surface area (Å²) in [7, 11) is 0. The molecule has 0 aliphatic rings. The normalized spacial score (nSPS) is 12.6. The first kappa shape index (κ1) is 15.4. The highest BCUT2D eigenvalue weighted by molar-refractivity contribution is 8.00. The molecular weight excluding hydrogens is 244 g/mol. The lowest BCUT2D eigenvalue weighted by molar-refractivity contribution is -0.107. The Labute approximate surface area is 115 Å². The van der Waals surface area contributed by atoms with Gasteiger partial charge in [0.05, 0.1) is 6.26 Å². The van der Waals surface area contributed by atoms with Gasteiger partial charge in [-0.3, -0.25) is 0 Å². The summed E-state index contributed by atoms with van der Waals surface area (Å²) >= 11 is 1.79. The summed E-state index contributed by atoms with van der Waals surface area (Å²) in [6, 6.07) is 1.99. The lowest BCUT2D eigenvalue weighted by atomic mass is 10.1. The topological polar surface area (TPSA) is 30.2 Å². The monoisotopic (exact) mass is 268 g/mol. The summed E-state index contributed by atoms with van der Waals surface area (Å²) in [4.78, 5) is 11.9. The van der Waals surface area contributed by atoms with Crippen LogP contribution < -0.4 is 0 Å². The molecule has 102 valence electrons. The van der Waals surface area contributed by atoms with Gasteiger partial charge < -0.3 is 9.21 Å². The van der Waals surface area contributed by atoms with Gasteiger partial charge in [-0.2, -0.15) is 0 Å². The van der Waals surface area contributed by atoms with Crippen molar-refractivity contribution in [2.45, 2.75) is 68.9 Å². The quantitative estimate of drug-likeness (QED) is 0.340. The zero-order valence-electron chi connectivity index (χ0n) is 11.5. The molecule has 0 aromatic carbocycles. The highest BCUT2D eigenvalue weighted by Gasteiger charge is 2.12. The molecule has 0 saturated carbocycles. The molecule has 0 spiro atoms. The van der Waals surface area contributed by atoms with Gasteiger partial charge in [-0.15, -0.1) is 11.8 Å². The van der Waals surface area contributed by atoms with Gasteiger partial charge in [-0.1, -0.05) is 39.0 Å². The van der Waals surface area contributed by atoms with Gasteiger partial charge in [0, 0.05) is 16.6 Å². The van der Waals surface area contributed by atoms with E-state index in [1.807, 2.05) is 13.0 Å². The fraction of sp³-hybridized carbons (Fsp3) is 0.667. The van der Waals surface area contributed by atoms with Crippen LogP contribution in [0.3, 0.4) is 0 Å². The van der Waals surface area contributed by atoms with Crippen LogP contribution in [0.4, 0.5) is 0 Å². The van der Waals surface area contributed by atoms with Crippen LogP contribution in [0.25, 0.3) is 0 Å². The van der Waals surface area contributed by atoms with E-state index in [0.29, 0.717) is 11.7 Å². The van der Waals surface area contributed by atoms with Crippen LogP contribution in [0, 0.1) is 6.92 Å². The predicted octanol–water partition coefficient (Wildman–Crippen LogP) is 5.00. The molecule has 0 saturated heterocycles. The van der Waals surface area contributed by atoms with Crippen LogP contribution in [0.1, 0.15) is 57.6 Å². The molecule has 3 heteroatoms. The van der Waals surface area contributed by atoms with Crippen molar-refractivity contribution in [2.24, 2.45) is 0 Å². The Morgan fingerprint density at radius 3 is 2.72 bits per heavy atom. The van der Waals surface area contributed by atoms with Crippen LogP contribution >= 0.6 is 11.8 Å². The molecule has 1 rings (SSSR count). The van der Waals surface area contributed by atoms with Crippen LogP contribution in [0.15, 0.2) is 21.6 Å². The minimum absolute atomic E-state index is 0.403. The van der Waals surface area contributed by atoms with Crippen molar-refractivity contribution in [2.75, 3.05) is 0 Å². The Morgan fingerprint density at radius 1 is 1.33 bits per heavy atom. The summed E-state index contributed by atoms with van der Waals surface area (Å²) in [6.45, 7) is 4.20. The second kappa shape index (κ2) is 9.26. The smallest absolute Gasteiger partial charge is 0.121 e. The summed E-state index contributed by atoms with van der Waals surface area (Å²) < 4.78 is 5.29. The maximum absolute atomic E-state index is 10.7. The van der Waals surface area contributed by atoms with Crippen molar-refractivity contribution in [3.8, 4) is 0 Å². The van der Waals surface area contributed by atoms with Crippen molar-refractivity contribution in [3.05, 3.63) is 18.1 Å². The molecule has 1 heterocycles. The van der Waals surface area contributed by atoms with Crippen LogP contribution in [0.2, 0.25) is 0 Å². The fourth-order valence-electron chi connectivity index (χ4n) is 1.98. The molecule has 0 bridgehead atoms. The number of rotatable bonds is 10. The number of unbranched alkanes of at least 4 members (excludes halogenated alkanes) is 4. The molecule has 0 amide bonds. The van der Waals surface area contributed by atoms with E-state index < -0.39 is 0 Å². The minimum Gasteiger partial charge on any atom is -0.468 e. The van der Waals surface area contributed by atoms with Crippen molar-refractivity contribution >= 4 is 18.0 Å². The van der Waals surface area contributed by atoms with Gasteiger partial charge in [0.1, 0.15) is 12.0 Å². The first-order valence-corrected chi connectivity index (χ1v) is 7.80. The SMILES string of the molecule is CCCCCCCC(CC=O)Sc1ccoc1C. The molecule has 1 aromatic heterocycles. The number of aryl methyl sites for hydroxylation is 1. The Morgan fingerprint density at radius 2 is 2.11 bits per heavy atom. The molecule has 0 radical (unpaired) electrons. The Balaban J connectivity index is 2.31. The molecule has 1 aromatic rings. The summed E-state index contributed by atoms with van der Waals surface area (Å²) in [5, 5.41) is 0.403. The van der Waals surface area contributed by atoms with E-state index in [0.717, 1.165) is 18.5 Å². The van der Waals surface area contributed by atoms with E-state index in [9.17, 15) is 4.79 Å². The highest BCUT2D eigenvalue weighted by Crippen LogP contribution is 2.31. The van der Waals surface area contributed by atoms with E-state index in [2.05, 4.69) is 6.92 Å². The molecular formula is C15H24O2S. The first-order chi connectivity index (χ1) is 8.77. The zero-order chi connectivity index (χ0) is 13.2. The number of hydrogen-bond donors (Lipinski definition) is 0. The first-order valence-electron chi connectivity index (χ1n) is 6.92. The number of aldehydes is 1. The lowest BCUT2D eigenvalue weighted by Gasteiger charge is -2.13. The van der Waals surface area contributed by atoms with E-state index in [-0.39, 0.29) is 0 Å². The van der Waals surface area contributed by atoms with E-state index in [1.165, 1.54) is 37.0 Å². The molecule has 0 N–H and O–H groups in total. The average Bonchev–Trinajstić information content (AvgIpc) is 2.75. The molecule has 18 heavy (non-hydrogen) atoms. The second-order valence-electron chi connectivity index (χ2n) is 4.69. The Hall–Kier alpha value is -0.700. The summed E-state index contributed by atoms with van der Waals surface area (Å²) in [6.07, 6.45) is 11.0. The molecule has 1 atom stereocenters. The molecule has 0 fully saturated rings. The highest BCUT2D eigenvalue weighted by atomic mass is 32.2. The van der Waals surface area contributed by atoms with Crippen molar-refractivity contribution in [3.63, 3.8) is 0 Å². The number of carbonyl (C=O) groups excluding carboxylic acids is 1. The second-order valence-corrected chi connectivity index (χ2v) is 6.03. The summed E-state index contributed by atoms with van der Waals surface area (Å²) in [5.41, 5.74) is 0. The maximum atomic E-state index is 10.7. The molecule has 1 unspecified atom stereocenters. The zero-order valence-corrected chi connectivity index (χ0v) is 12.3. The third-order valence-electron chi connectivity index (χ3n) is 3.09. The lowest BCUT2D eigenvalue weighted by Crippen LogP contribution is -2.03. The Kier molecular flexibility index (Phi) is 7.90. The van der Waals surface area contributed by atoms with Crippen molar-refractivity contribution < 1.29 is 9.21 Å². The van der Waals surface area contributed by atoms with Crippen LogP contribution in [-0.4, -0.2) is 11.5 Å². The van der Waals surface area contributed by atoms with Gasteiger partial charge in [0.25, 0.3) is 0 Å². The fourth-order valence-corrected chi connectivity index (χ4v) is 3.15. The van der Waals surface area contributed by atoms with Gasteiger partial charge in [-0.25, -0.2) is 0 Å². The molecule has 0 aliphatic carbocycles. The van der Waals surface area contributed by atoms with E-state index in [1.54, 1.807) is 18.0 Å². The number of furan rings is 1. The predicted molar refractivity (Wildman–Crippen MR) is 77.1 cm³/mol. The largest absolute Gasteiger partial charge is 0.468 e. The standard InChI is InChI=1S/C15H24O2S/c1-3-4-5-6-7-8-14(9-11-16)18-15-10-12-17-13(15)2/h10-12,14H,3-9H2,1-2H3. The Bertz CT molecular complexity index is 333. The van der Waals surface area contributed by atoms with Crippen molar-refractivity contribution in [1.82, 2.24) is 0 Å². The van der Waals surface area contributed by atoms with E-state index in [4.69, 9.17) is 4.42 Å². The third kappa shape index (κ3) is 5.76. The van der Waals surface area contributed by atoms with Gasteiger partial charge in [0.15, 0.2) is 0 Å². The molecule has 0 aliphatic heterocycles. The summed E-state index contributed by atoms with van der Waals surface area (Å²) in [5.74, 6) is 0.960. The van der Waals surface area contributed by atoms with Gasteiger partial charge in [-0.05, 0) is 19.4 Å². The molecule has 2 nitrogen and oxygen atoms in total. The number of carbonyl (C=O) groups is 1. The van der Waals surface area contributed by atoms with Crippen molar-refractivity contribution in [1.29, 1.82) is 0 Å². The van der Waals surface area contributed by atoms with Crippen LogP contribution in [0.5, 0.6) is 0 Å². The minimum atomic E-state index is 0.403. The van der Waals surface area contributed by atoms with Gasteiger partial charge in [0.2, 0.25) is 0 Å². The average molecular weight is 268 g/mol. The van der Waals surface area contributed by atoms with Gasteiger partial charge >= 0.3 is 0 Å².